The molecule has 1 amide bonds. The molecule has 1 aromatic carbocycles. The van der Waals surface area contributed by atoms with Crippen molar-refractivity contribution in [3.05, 3.63) is 47.3 Å². The Balaban J connectivity index is 2.00. The van der Waals surface area contributed by atoms with E-state index >= 15 is 0 Å². The molecule has 1 heterocycles. The summed E-state index contributed by atoms with van der Waals surface area (Å²) in [4.78, 5) is 11.6. The Morgan fingerprint density at radius 2 is 1.81 bits per heavy atom. The van der Waals surface area contributed by atoms with E-state index in [2.05, 4.69) is 0 Å². The van der Waals surface area contributed by atoms with Gasteiger partial charge in [-0.05, 0) is 23.6 Å². The summed E-state index contributed by atoms with van der Waals surface area (Å²) in [5, 5.41) is 3.56. The SMILES string of the molecule is O=C(CNS(=O)(=O)c1cccs1)Nc1c(F)cccc1F. The molecule has 0 aliphatic carbocycles. The second kappa shape index (κ2) is 6.29. The third-order valence-corrected chi connectivity index (χ3v) is 5.21. The molecule has 0 aliphatic rings. The summed E-state index contributed by atoms with van der Waals surface area (Å²) in [6, 6.07) is 6.04. The smallest absolute Gasteiger partial charge is 0.250 e. The predicted octanol–water partition coefficient (Wildman–Crippen LogP) is 1.94. The van der Waals surface area contributed by atoms with Crippen LogP contribution < -0.4 is 10.0 Å². The molecule has 0 radical (unpaired) electrons. The van der Waals surface area contributed by atoms with Crippen molar-refractivity contribution in [2.45, 2.75) is 4.21 Å². The normalized spacial score (nSPS) is 11.3. The summed E-state index contributed by atoms with van der Waals surface area (Å²) in [7, 11) is -3.80. The maximum atomic E-state index is 13.3. The monoisotopic (exact) mass is 332 g/mol. The second-order valence-corrected chi connectivity index (χ2v) is 6.84. The number of anilines is 1. The largest absolute Gasteiger partial charge is 0.320 e. The summed E-state index contributed by atoms with van der Waals surface area (Å²) in [6.07, 6.45) is 0. The molecule has 0 bridgehead atoms. The summed E-state index contributed by atoms with van der Waals surface area (Å²) in [6.45, 7) is -0.631. The van der Waals surface area contributed by atoms with Crippen LogP contribution in [-0.4, -0.2) is 20.9 Å². The van der Waals surface area contributed by atoms with Gasteiger partial charge in [-0.3, -0.25) is 4.79 Å². The Kier molecular flexibility index (Phi) is 4.66. The quantitative estimate of drug-likeness (QED) is 0.879. The van der Waals surface area contributed by atoms with E-state index < -0.39 is 39.8 Å². The number of rotatable bonds is 5. The van der Waals surface area contributed by atoms with E-state index in [1.165, 1.54) is 6.07 Å². The number of sulfonamides is 1. The number of amides is 1. The number of hydrogen-bond donors (Lipinski definition) is 2. The van der Waals surface area contributed by atoms with Crippen molar-refractivity contribution in [3.63, 3.8) is 0 Å². The van der Waals surface area contributed by atoms with Crippen molar-refractivity contribution in [1.82, 2.24) is 4.72 Å². The van der Waals surface area contributed by atoms with Crippen molar-refractivity contribution in [2.24, 2.45) is 0 Å². The highest BCUT2D eigenvalue weighted by Gasteiger charge is 2.17. The number of carbonyl (C=O) groups excluding carboxylic acids is 1. The minimum absolute atomic E-state index is 0.0485. The van der Waals surface area contributed by atoms with Crippen molar-refractivity contribution < 1.29 is 22.0 Å². The zero-order valence-corrected chi connectivity index (χ0v) is 12.1. The zero-order chi connectivity index (χ0) is 15.5. The van der Waals surface area contributed by atoms with Crippen LogP contribution in [0.25, 0.3) is 0 Å². The predicted molar refractivity (Wildman–Crippen MR) is 74.5 cm³/mol. The summed E-state index contributed by atoms with van der Waals surface area (Å²) in [5.74, 6) is -2.76. The van der Waals surface area contributed by atoms with Crippen molar-refractivity contribution in [3.8, 4) is 0 Å². The minimum atomic E-state index is -3.80. The third-order valence-electron chi connectivity index (χ3n) is 2.41. The van der Waals surface area contributed by atoms with Crippen LogP contribution in [0.3, 0.4) is 0 Å². The van der Waals surface area contributed by atoms with E-state index in [9.17, 15) is 22.0 Å². The van der Waals surface area contributed by atoms with E-state index in [0.717, 1.165) is 29.5 Å². The molecule has 0 unspecified atom stereocenters. The molecule has 0 fully saturated rings. The van der Waals surface area contributed by atoms with Gasteiger partial charge in [-0.15, -0.1) is 11.3 Å². The molecule has 112 valence electrons. The average Bonchev–Trinajstić information content (AvgIpc) is 2.96. The fourth-order valence-corrected chi connectivity index (χ4v) is 3.47. The molecular weight excluding hydrogens is 322 g/mol. The second-order valence-electron chi connectivity index (χ2n) is 3.90. The van der Waals surface area contributed by atoms with Crippen molar-refractivity contribution in [2.75, 3.05) is 11.9 Å². The van der Waals surface area contributed by atoms with E-state index in [1.54, 1.807) is 11.4 Å². The average molecular weight is 332 g/mol. The maximum Gasteiger partial charge on any atom is 0.250 e. The van der Waals surface area contributed by atoms with Gasteiger partial charge < -0.3 is 5.32 Å². The number of thiophene rings is 1. The van der Waals surface area contributed by atoms with Gasteiger partial charge in [0.15, 0.2) is 0 Å². The van der Waals surface area contributed by atoms with Gasteiger partial charge in [-0.1, -0.05) is 12.1 Å². The van der Waals surface area contributed by atoms with Gasteiger partial charge in [0.2, 0.25) is 5.91 Å². The molecule has 0 saturated carbocycles. The highest BCUT2D eigenvalue weighted by atomic mass is 32.2. The number of benzene rings is 1. The topological polar surface area (TPSA) is 75.3 Å². The molecule has 5 nitrogen and oxygen atoms in total. The molecule has 2 aromatic rings. The summed E-state index contributed by atoms with van der Waals surface area (Å²) >= 11 is 0.988. The highest BCUT2D eigenvalue weighted by Crippen LogP contribution is 2.18. The first-order chi connectivity index (χ1) is 9.90. The van der Waals surface area contributed by atoms with Gasteiger partial charge >= 0.3 is 0 Å². The van der Waals surface area contributed by atoms with Gasteiger partial charge in [0.05, 0.1) is 6.54 Å². The molecule has 9 heteroatoms. The standard InChI is InChI=1S/C12H10F2N2O3S2/c13-8-3-1-4-9(14)12(8)16-10(17)7-15-21(18,19)11-5-2-6-20-11/h1-6,15H,7H2,(H,16,17). The highest BCUT2D eigenvalue weighted by molar-refractivity contribution is 7.91. The third kappa shape index (κ3) is 3.84. The van der Waals surface area contributed by atoms with E-state index in [-0.39, 0.29) is 4.21 Å². The minimum Gasteiger partial charge on any atom is -0.320 e. The van der Waals surface area contributed by atoms with Crippen LogP contribution in [0.1, 0.15) is 0 Å². The zero-order valence-electron chi connectivity index (χ0n) is 10.5. The maximum absolute atomic E-state index is 13.3. The summed E-state index contributed by atoms with van der Waals surface area (Å²) in [5.41, 5.74) is -0.613. The summed E-state index contributed by atoms with van der Waals surface area (Å²) < 4.78 is 52.2. The number of para-hydroxylation sites is 1. The van der Waals surface area contributed by atoms with Gasteiger partial charge in [0.1, 0.15) is 21.5 Å². The van der Waals surface area contributed by atoms with Crippen LogP contribution in [-0.2, 0) is 14.8 Å². The Bertz CT molecular complexity index is 726. The lowest BCUT2D eigenvalue weighted by atomic mass is 10.3. The van der Waals surface area contributed by atoms with Gasteiger partial charge in [-0.2, -0.15) is 0 Å². The molecule has 0 aliphatic heterocycles. The van der Waals surface area contributed by atoms with Gasteiger partial charge in [0.25, 0.3) is 10.0 Å². The van der Waals surface area contributed by atoms with E-state index in [0.29, 0.717) is 0 Å². The Labute approximate surface area is 123 Å². The lowest BCUT2D eigenvalue weighted by Gasteiger charge is -2.08. The van der Waals surface area contributed by atoms with Crippen LogP contribution in [0.15, 0.2) is 39.9 Å². The first-order valence-electron chi connectivity index (χ1n) is 5.67. The van der Waals surface area contributed by atoms with Crippen LogP contribution >= 0.6 is 11.3 Å². The van der Waals surface area contributed by atoms with E-state index in [4.69, 9.17) is 0 Å². The van der Waals surface area contributed by atoms with Crippen molar-refractivity contribution >= 4 is 33.0 Å². The van der Waals surface area contributed by atoms with Crippen LogP contribution in [0, 0.1) is 11.6 Å². The molecule has 21 heavy (non-hydrogen) atoms. The molecular formula is C12H10F2N2O3S2. The van der Waals surface area contributed by atoms with Crippen LogP contribution in [0.2, 0.25) is 0 Å². The lowest BCUT2D eigenvalue weighted by Crippen LogP contribution is -2.32. The molecule has 0 atom stereocenters. The lowest BCUT2D eigenvalue weighted by molar-refractivity contribution is -0.115. The number of halogens is 2. The molecule has 2 N–H and O–H groups in total. The Morgan fingerprint density at radius 3 is 2.38 bits per heavy atom. The van der Waals surface area contributed by atoms with Gasteiger partial charge in [0, 0.05) is 0 Å². The van der Waals surface area contributed by atoms with Crippen LogP contribution in [0.4, 0.5) is 14.5 Å². The number of hydrogen-bond acceptors (Lipinski definition) is 4. The van der Waals surface area contributed by atoms with Crippen LogP contribution in [0.5, 0.6) is 0 Å². The fraction of sp³-hybridized carbons (Fsp3) is 0.0833. The Hall–Kier alpha value is -1.84. The number of nitrogens with one attached hydrogen (secondary N) is 2. The first-order valence-corrected chi connectivity index (χ1v) is 8.03. The molecule has 1 aromatic heterocycles. The molecule has 0 spiro atoms. The Morgan fingerprint density at radius 1 is 1.14 bits per heavy atom. The molecule has 2 rings (SSSR count). The first kappa shape index (κ1) is 15.5. The molecule has 0 saturated heterocycles. The van der Waals surface area contributed by atoms with Gasteiger partial charge in [-0.25, -0.2) is 21.9 Å². The van der Waals surface area contributed by atoms with E-state index in [1.807, 2.05) is 10.0 Å². The fourth-order valence-electron chi connectivity index (χ4n) is 1.45. The van der Waals surface area contributed by atoms with Crippen molar-refractivity contribution in [1.29, 1.82) is 0 Å². The number of carbonyl (C=O) groups is 1.